The molecule has 3 fully saturated rings. The van der Waals surface area contributed by atoms with E-state index in [9.17, 15) is 5.11 Å². The second kappa shape index (κ2) is 11.4. The highest BCUT2D eigenvalue weighted by atomic mass is 19.1. The fourth-order valence-corrected chi connectivity index (χ4v) is 7.27. The van der Waals surface area contributed by atoms with Crippen molar-refractivity contribution in [2.45, 2.75) is 44.6 Å². The summed E-state index contributed by atoms with van der Waals surface area (Å²) in [6.07, 6.45) is 7.04. The van der Waals surface area contributed by atoms with Crippen molar-refractivity contribution in [2.75, 3.05) is 57.5 Å². The molecular weight excluding hydrogens is 533 g/mol. The molecule has 3 aliphatic rings. The Morgan fingerprint density at radius 3 is 2.69 bits per heavy atom. The molecule has 42 heavy (non-hydrogen) atoms. The summed E-state index contributed by atoms with van der Waals surface area (Å²) in [5.74, 6) is 0.00788. The normalized spacial score (nSPS) is 20.7. The van der Waals surface area contributed by atoms with E-state index in [2.05, 4.69) is 30.0 Å². The van der Waals surface area contributed by atoms with Crippen molar-refractivity contribution in [3.8, 4) is 17.3 Å². The third-order valence-corrected chi connectivity index (χ3v) is 9.45. The molecule has 9 heteroatoms. The van der Waals surface area contributed by atoms with Gasteiger partial charge in [0, 0.05) is 37.4 Å². The molecular formula is C33H38FN5O3. The summed E-state index contributed by atoms with van der Waals surface area (Å²) < 4.78 is 28.8. The van der Waals surface area contributed by atoms with Gasteiger partial charge in [-0.05, 0) is 61.5 Å². The first-order valence-corrected chi connectivity index (χ1v) is 15.3. The van der Waals surface area contributed by atoms with Gasteiger partial charge in [0.25, 0.3) is 0 Å². The molecule has 3 saturated heterocycles. The first-order valence-electron chi connectivity index (χ1n) is 15.3. The van der Waals surface area contributed by atoms with Gasteiger partial charge in [0.1, 0.15) is 23.6 Å². The maximum absolute atomic E-state index is 16.7. The van der Waals surface area contributed by atoms with E-state index < -0.39 is 5.82 Å². The number of aliphatic hydroxyl groups excluding tert-OH is 1. The smallest absolute Gasteiger partial charge is 0.319 e. The van der Waals surface area contributed by atoms with E-state index in [1.807, 2.05) is 23.1 Å². The largest absolute Gasteiger partial charge is 0.461 e. The number of rotatable bonds is 7. The average Bonchev–Trinajstić information content (AvgIpc) is 3.51. The van der Waals surface area contributed by atoms with Crippen LogP contribution in [0.5, 0.6) is 6.01 Å². The second-order valence-electron chi connectivity index (χ2n) is 12.0. The number of ether oxygens (including phenoxy) is 2. The number of hydrogen-bond acceptors (Lipinski definition) is 8. The summed E-state index contributed by atoms with van der Waals surface area (Å²) in [6, 6.07) is 12.3. The highest BCUT2D eigenvalue weighted by molar-refractivity contribution is 6.00. The van der Waals surface area contributed by atoms with Crippen LogP contribution in [-0.2, 0) is 11.2 Å². The lowest BCUT2D eigenvalue weighted by Crippen LogP contribution is -2.43. The van der Waals surface area contributed by atoms with E-state index in [1.165, 1.54) is 0 Å². The molecule has 4 aromatic rings. The second-order valence-corrected chi connectivity index (χ2v) is 12.0. The number of hydrogen-bond donors (Lipinski definition) is 1. The molecule has 5 heterocycles. The summed E-state index contributed by atoms with van der Waals surface area (Å²) in [7, 11) is 0. The molecule has 0 aliphatic carbocycles. The van der Waals surface area contributed by atoms with Gasteiger partial charge in [0.2, 0.25) is 0 Å². The lowest BCUT2D eigenvalue weighted by molar-refractivity contribution is 0.0959. The Labute approximate surface area is 245 Å². The zero-order chi connectivity index (χ0) is 28.7. The standard InChI is InChI=1S/C33H38FN5O3/c1-2-23-7-3-8-24-9-4-10-25(27(23)24)29-28(34)30-26(17-35-29)31(38-15-16-41-20-22(18-38)19-40)37-32(36-30)42-21-33-11-5-13-39(33)14-6-12-33/h3-4,7-10,17,22,40H,2,5-6,11-16,18-21H2,1H3. The quantitative estimate of drug-likeness (QED) is 0.332. The van der Waals surface area contributed by atoms with Gasteiger partial charge in [-0.1, -0.05) is 43.3 Å². The van der Waals surface area contributed by atoms with Gasteiger partial charge in [0.05, 0.1) is 24.1 Å². The Kier molecular flexibility index (Phi) is 7.42. The highest BCUT2D eigenvalue weighted by Crippen LogP contribution is 2.40. The van der Waals surface area contributed by atoms with Crippen molar-refractivity contribution in [1.29, 1.82) is 0 Å². The van der Waals surface area contributed by atoms with E-state index in [4.69, 9.17) is 24.4 Å². The third kappa shape index (κ3) is 4.77. The molecule has 2 aromatic heterocycles. The predicted molar refractivity (Wildman–Crippen MR) is 161 cm³/mol. The average molecular weight is 572 g/mol. The van der Waals surface area contributed by atoms with E-state index in [1.54, 1.807) is 6.20 Å². The van der Waals surface area contributed by atoms with Crippen molar-refractivity contribution < 1.29 is 19.0 Å². The van der Waals surface area contributed by atoms with Crippen molar-refractivity contribution in [3.63, 3.8) is 0 Å². The number of aromatic nitrogens is 3. The van der Waals surface area contributed by atoms with E-state index in [0.29, 0.717) is 44.1 Å². The fourth-order valence-electron chi connectivity index (χ4n) is 7.27. The number of pyridine rings is 1. The summed E-state index contributed by atoms with van der Waals surface area (Å²) >= 11 is 0. The van der Waals surface area contributed by atoms with Crippen LogP contribution in [0.3, 0.4) is 0 Å². The Bertz CT molecular complexity index is 1600. The van der Waals surface area contributed by atoms with E-state index in [-0.39, 0.29) is 35.3 Å². The first kappa shape index (κ1) is 27.4. The minimum atomic E-state index is -0.481. The molecule has 1 atom stereocenters. The Morgan fingerprint density at radius 2 is 1.90 bits per heavy atom. The molecule has 0 radical (unpaired) electrons. The Balaban J connectivity index is 1.36. The molecule has 1 unspecified atom stereocenters. The van der Waals surface area contributed by atoms with Gasteiger partial charge in [-0.15, -0.1) is 0 Å². The van der Waals surface area contributed by atoms with Gasteiger partial charge in [-0.25, -0.2) is 4.39 Å². The topological polar surface area (TPSA) is 83.8 Å². The molecule has 0 spiro atoms. The van der Waals surface area contributed by atoms with Crippen molar-refractivity contribution in [1.82, 2.24) is 19.9 Å². The maximum Gasteiger partial charge on any atom is 0.319 e. The van der Waals surface area contributed by atoms with Crippen LogP contribution in [0.2, 0.25) is 0 Å². The molecule has 0 bridgehead atoms. The summed E-state index contributed by atoms with van der Waals surface area (Å²) in [5.41, 5.74) is 2.38. The predicted octanol–water partition coefficient (Wildman–Crippen LogP) is 5.00. The number of halogens is 1. The number of anilines is 1. The van der Waals surface area contributed by atoms with Gasteiger partial charge >= 0.3 is 6.01 Å². The molecule has 7 rings (SSSR count). The third-order valence-electron chi connectivity index (χ3n) is 9.45. The molecule has 8 nitrogen and oxygen atoms in total. The van der Waals surface area contributed by atoms with Crippen LogP contribution in [-0.4, -0.2) is 83.1 Å². The SMILES string of the molecule is CCc1cccc2cccc(-c3ncc4c(N5CCOCC(CO)C5)nc(OCC56CCCN5CCC6)nc4c3F)c12. The Hall–Kier alpha value is -3.40. The van der Waals surface area contributed by atoms with Crippen LogP contribution in [0.4, 0.5) is 10.2 Å². The lowest BCUT2D eigenvalue weighted by atomic mass is 9.95. The lowest BCUT2D eigenvalue weighted by Gasteiger charge is -2.31. The minimum absolute atomic E-state index is 0.00116. The van der Waals surface area contributed by atoms with Crippen LogP contribution in [0.25, 0.3) is 32.9 Å². The first-order chi connectivity index (χ1) is 20.6. The molecule has 0 amide bonds. The zero-order valence-electron chi connectivity index (χ0n) is 24.2. The van der Waals surface area contributed by atoms with Crippen molar-refractivity contribution >= 4 is 27.5 Å². The minimum Gasteiger partial charge on any atom is -0.461 e. The Morgan fingerprint density at radius 1 is 1.10 bits per heavy atom. The highest BCUT2D eigenvalue weighted by Gasteiger charge is 2.45. The number of benzene rings is 2. The van der Waals surface area contributed by atoms with Gasteiger partial charge in [-0.3, -0.25) is 9.88 Å². The zero-order valence-corrected chi connectivity index (χ0v) is 24.2. The van der Waals surface area contributed by atoms with E-state index >= 15 is 4.39 Å². The number of nitrogens with zero attached hydrogens (tertiary/aromatic N) is 5. The molecule has 220 valence electrons. The van der Waals surface area contributed by atoms with Crippen LogP contribution >= 0.6 is 0 Å². The van der Waals surface area contributed by atoms with Gasteiger partial charge in [0.15, 0.2) is 5.82 Å². The number of fused-ring (bicyclic) bond motifs is 3. The summed E-state index contributed by atoms with van der Waals surface area (Å²) in [4.78, 5) is 18.8. The van der Waals surface area contributed by atoms with Gasteiger partial charge < -0.3 is 19.5 Å². The molecule has 0 saturated carbocycles. The van der Waals surface area contributed by atoms with E-state index in [0.717, 1.165) is 67.1 Å². The maximum atomic E-state index is 16.7. The molecule has 1 N–H and O–H groups in total. The monoisotopic (exact) mass is 571 g/mol. The number of aliphatic hydroxyl groups is 1. The van der Waals surface area contributed by atoms with Crippen LogP contribution < -0.4 is 9.64 Å². The van der Waals surface area contributed by atoms with Crippen LogP contribution in [0, 0.1) is 11.7 Å². The van der Waals surface area contributed by atoms with Crippen LogP contribution in [0.1, 0.15) is 38.2 Å². The fraction of sp³-hybridized carbons (Fsp3) is 0.485. The van der Waals surface area contributed by atoms with Crippen LogP contribution in [0.15, 0.2) is 42.6 Å². The summed E-state index contributed by atoms with van der Waals surface area (Å²) in [5, 5.41) is 12.5. The summed E-state index contributed by atoms with van der Waals surface area (Å²) in [6.45, 7) is 6.84. The van der Waals surface area contributed by atoms with Gasteiger partial charge in [-0.2, -0.15) is 9.97 Å². The molecule has 3 aliphatic heterocycles. The number of aryl methyl sites for hydroxylation is 1. The molecule has 2 aromatic carbocycles. The van der Waals surface area contributed by atoms with Crippen molar-refractivity contribution in [2.24, 2.45) is 5.92 Å². The van der Waals surface area contributed by atoms with Crippen molar-refractivity contribution in [3.05, 3.63) is 54.0 Å².